The van der Waals surface area contributed by atoms with Crippen LogP contribution in [0, 0.1) is 17.2 Å². The zero-order valence-electron chi connectivity index (χ0n) is 10.0. The van der Waals surface area contributed by atoms with Gasteiger partial charge in [-0.05, 0) is 18.6 Å². The van der Waals surface area contributed by atoms with Crippen molar-refractivity contribution in [2.45, 2.75) is 19.6 Å². The fourth-order valence-electron chi connectivity index (χ4n) is 1.97. The van der Waals surface area contributed by atoms with Crippen molar-refractivity contribution in [2.75, 3.05) is 13.2 Å². The predicted molar refractivity (Wildman–Crippen MR) is 72.8 cm³/mol. The van der Waals surface area contributed by atoms with E-state index in [1.54, 1.807) is 11.3 Å². The summed E-state index contributed by atoms with van der Waals surface area (Å²) < 4.78 is 12.7. The van der Waals surface area contributed by atoms with Crippen LogP contribution in [0.15, 0.2) is 12.1 Å². The van der Waals surface area contributed by atoms with Gasteiger partial charge in [-0.3, -0.25) is 0 Å². The molecule has 1 saturated heterocycles. The van der Waals surface area contributed by atoms with Gasteiger partial charge in [0, 0.05) is 11.3 Å². The number of fused-ring (bicyclic) bond motifs is 1. The highest BCUT2D eigenvalue weighted by Crippen LogP contribution is 2.38. The molecule has 0 N–H and O–H groups in total. The van der Waals surface area contributed by atoms with E-state index in [0.717, 1.165) is 34.8 Å². The second-order valence-electron chi connectivity index (χ2n) is 4.39. The third-order valence-corrected chi connectivity index (χ3v) is 5.44. The molecule has 0 bridgehead atoms. The van der Waals surface area contributed by atoms with Crippen LogP contribution >= 0.6 is 22.7 Å². The van der Waals surface area contributed by atoms with Crippen LogP contribution in [0.25, 0.3) is 9.40 Å². The molecule has 3 heterocycles. The van der Waals surface area contributed by atoms with Crippen LogP contribution in [0.4, 0.5) is 0 Å². The maximum atomic E-state index is 8.85. The highest BCUT2D eigenvalue weighted by atomic mass is 32.2. The van der Waals surface area contributed by atoms with Gasteiger partial charge in [-0.2, -0.15) is 5.26 Å². The smallest absolute Gasteiger partial charge is 0.193 e. The van der Waals surface area contributed by atoms with Gasteiger partial charge in [0.25, 0.3) is 0 Å². The summed E-state index contributed by atoms with van der Waals surface area (Å²) in [6.45, 7) is 3.70. The van der Waals surface area contributed by atoms with Gasteiger partial charge >= 0.3 is 0 Å². The molecule has 5 heteroatoms. The van der Waals surface area contributed by atoms with Gasteiger partial charge in [0.2, 0.25) is 0 Å². The Morgan fingerprint density at radius 1 is 1.33 bits per heavy atom. The van der Waals surface area contributed by atoms with Crippen LogP contribution in [0.5, 0.6) is 0 Å². The molecule has 0 aliphatic carbocycles. The maximum Gasteiger partial charge on any atom is 0.193 e. The lowest BCUT2D eigenvalue weighted by Crippen LogP contribution is -2.26. The van der Waals surface area contributed by atoms with Crippen molar-refractivity contribution in [1.82, 2.24) is 0 Å². The Morgan fingerprint density at radius 3 is 2.72 bits per heavy atom. The number of thiophene rings is 2. The van der Waals surface area contributed by atoms with Crippen LogP contribution in [0.3, 0.4) is 0 Å². The van der Waals surface area contributed by atoms with E-state index in [-0.39, 0.29) is 6.29 Å². The minimum atomic E-state index is -0.220. The zero-order chi connectivity index (χ0) is 12.5. The van der Waals surface area contributed by atoms with E-state index in [1.165, 1.54) is 15.4 Å². The van der Waals surface area contributed by atoms with Crippen LogP contribution in [-0.2, 0) is 9.47 Å². The van der Waals surface area contributed by atoms with Crippen molar-refractivity contribution in [3.63, 3.8) is 0 Å². The first-order chi connectivity index (χ1) is 8.80. The SMILES string of the molecule is CCC1COC(c2cc3cc(C#N)sc3s2)OC1. The molecule has 0 atom stereocenters. The quantitative estimate of drug-likeness (QED) is 0.837. The van der Waals surface area contributed by atoms with E-state index in [4.69, 9.17) is 14.7 Å². The molecule has 0 radical (unpaired) electrons. The van der Waals surface area contributed by atoms with Gasteiger partial charge in [0.1, 0.15) is 10.9 Å². The molecule has 1 aliphatic heterocycles. The summed E-state index contributed by atoms with van der Waals surface area (Å²) in [7, 11) is 0. The normalized spacial score (nSPS) is 24.2. The molecule has 0 amide bonds. The molecule has 3 rings (SSSR count). The lowest BCUT2D eigenvalue weighted by atomic mass is 10.1. The van der Waals surface area contributed by atoms with Crippen molar-refractivity contribution in [1.29, 1.82) is 5.26 Å². The Hall–Kier alpha value is -0.930. The van der Waals surface area contributed by atoms with Crippen LogP contribution in [-0.4, -0.2) is 13.2 Å². The Labute approximate surface area is 114 Å². The molecular weight excluding hydrogens is 266 g/mol. The second kappa shape index (κ2) is 4.98. The maximum absolute atomic E-state index is 8.85. The third kappa shape index (κ3) is 2.17. The van der Waals surface area contributed by atoms with E-state index in [0.29, 0.717) is 5.92 Å². The lowest BCUT2D eigenvalue weighted by Gasteiger charge is -2.28. The summed E-state index contributed by atoms with van der Waals surface area (Å²) in [6.07, 6.45) is 0.876. The van der Waals surface area contributed by atoms with Crippen LogP contribution in [0.1, 0.15) is 29.4 Å². The number of hydrogen-bond acceptors (Lipinski definition) is 5. The van der Waals surface area contributed by atoms with Gasteiger partial charge in [0.15, 0.2) is 6.29 Å². The first kappa shape index (κ1) is 12.1. The molecule has 1 aliphatic rings. The number of hydrogen-bond donors (Lipinski definition) is 0. The molecule has 0 saturated carbocycles. The Bertz CT molecular complexity index is 556. The summed E-state index contributed by atoms with van der Waals surface area (Å²) in [4.78, 5) is 1.87. The van der Waals surface area contributed by atoms with E-state index in [1.807, 2.05) is 6.07 Å². The average molecular weight is 279 g/mol. The summed E-state index contributed by atoms with van der Waals surface area (Å²) in [5, 5.41) is 9.97. The fraction of sp³-hybridized carbons (Fsp3) is 0.462. The van der Waals surface area contributed by atoms with E-state index in [9.17, 15) is 0 Å². The monoisotopic (exact) mass is 279 g/mol. The summed E-state index contributed by atoms with van der Waals surface area (Å²) >= 11 is 3.20. The Morgan fingerprint density at radius 2 is 2.11 bits per heavy atom. The summed E-state index contributed by atoms with van der Waals surface area (Å²) in [5.41, 5.74) is 0. The number of rotatable bonds is 2. The number of nitriles is 1. The highest BCUT2D eigenvalue weighted by molar-refractivity contribution is 7.38. The van der Waals surface area contributed by atoms with Crippen molar-refractivity contribution in [3.05, 3.63) is 21.9 Å². The predicted octanol–water partition coefficient (Wildman–Crippen LogP) is 3.91. The van der Waals surface area contributed by atoms with Crippen molar-refractivity contribution < 1.29 is 9.47 Å². The van der Waals surface area contributed by atoms with Crippen molar-refractivity contribution in [3.8, 4) is 6.07 Å². The Kier molecular flexibility index (Phi) is 3.35. The van der Waals surface area contributed by atoms with Gasteiger partial charge in [-0.25, -0.2) is 0 Å². The first-order valence-corrected chi connectivity index (χ1v) is 7.60. The molecular formula is C13H13NO2S2. The third-order valence-electron chi connectivity index (χ3n) is 3.12. The zero-order valence-corrected chi connectivity index (χ0v) is 11.6. The standard InChI is InChI=1S/C13H13NO2S2/c1-2-8-6-15-12(16-7-8)11-4-9-3-10(5-14)17-13(9)18-11/h3-4,8,12H,2,6-7H2,1H3. The van der Waals surface area contributed by atoms with Crippen LogP contribution in [0.2, 0.25) is 0 Å². The summed E-state index contributed by atoms with van der Waals surface area (Å²) in [5.74, 6) is 0.521. The molecule has 94 valence electrons. The molecule has 0 unspecified atom stereocenters. The van der Waals surface area contributed by atoms with E-state index >= 15 is 0 Å². The van der Waals surface area contributed by atoms with Crippen molar-refractivity contribution >= 4 is 32.1 Å². The molecule has 0 spiro atoms. The second-order valence-corrected chi connectivity index (χ2v) is 6.78. The molecule has 2 aromatic heterocycles. The molecule has 0 aromatic carbocycles. The fourth-order valence-corrected chi connectivity index (χ4v) is 4.23. The van der Waals surface area contributed by atoms with Crippen LogP contribution < -0.4 is 0 Å². The van der Waals surface area contributed by atoms with Gasteiger partial charge < -0.3 is 9.47 Å². The molecule has 3 nitrogen and oxygen atoms in total. The van der Waals surface area contributed by atoms with E-state index in [2.05, 4.69) is 19.1 Å². The van der Waals surface area contributed by atoms with Gasteiger partial charge in [-0.1, -0.05) is 6.92 Å². The largest absolute Gasteiger partial charge is 0.347 e. The topological polar surface area (TPSA) is 42.2 Å². The molecule has 1 fully saturated rings. The van der Waals surface area contributed by atoms with Gasteiger partial charge in [0.05, 0.1) is 22.1 Å². The highest BCUT2D eigenvalue weighted by Gasteiger charge is 2.24. The average Bonchev–Trinajstić information content (AvgIpc) is 2.96. The number of nitrogens with zero attached hydrogens (tertiary/aromatic N) is 1. The molecule has 2 aromatic rings. The van der Waals surface area contributed by atoms with E-state index < -0.39 is 0 Å². The number of ether oxygens (including phenoxy) is 2. The van der Waals surface area contributed by atoms with Gasteiger partial charge in [-0.15, -0.1) is 22.7 Å². The first-order valence-electron chi connectivity index (χ1n) is 5.96. The van der Waals surface area contributed by atoms with Crippen molar-refractivity contribution in [2.24, 2.45) is 5.92 Å². The lowest BCUT2D eigenvalue weighted by molar-refractivity contribution is -0.203. The Balaban J connectivity index is 1.79. The minimum Gasteiger partial charge on any atom is -0.347 e. The molecule has 18 heavy (non-hydrogen) atoms. The minimum absolute atomic E-state index is 0.220. The summed E-state index contributed by atoms with van der Waals surface area (Å²) in [6, 6.07) is 6.18.